The fraction of sp³-hybridized carbons (Fsp3) is 0.421. The molecule has 2 N–H and O–H groups in total. The fourth-order valence-corrected chi connectivity index (χ4v) is 3.17. The number of carbonyl (C=O) groups is 1. The third-order valence-corrected chi connectivity index (χ3v) is 4.57. The molecule has 3 rings (SSSR count). The van der Waals surface area contributed by atoms with E-state index in [2.05, 4.69) is 10.6 Å². The summed E-state index contributed by atoms with van der Waals surface area (Å²) in [5, 5.41) is 7.19. The van der Waals surface area contributed by atoms with E-state index in [1.807, 2.05) is 30.3 Å². The Hall–Kier alpha value is -2.03. The minimum absolute atomic E-state index is 0. The lowest BCUT2D eigenvalue weighted by Gasteiger charge is -2.35. The second kappa shape index (κ2) is 9.95. The van der Waals surface area contributed by atoms with Crippen LogP contribution >= 0.6 is 12.4 Å². The maximum Gasteiger partial charge on any atom is 0.405 e. The number of hydrogen-bond donors (Lipinski definition) is 2. The fourth-order valence-electron chi connectivity index (χ4n) is 3.17. The first-order valence-electron chi connectivity index (χ1n) is 8.84. The molecule has 5 nitrogen and oxygen atoms in total. The van der Waals surface area contributed by atoms with Gasteiger partial charge in [-0.1, -0.05) is 36.4 Å². The number of carbonyl (C=O) groups excluding carboxylic acids is 1. The summed E-state index contributed by atoms with van der Waals surface area (Å²) in [6, 6.07) is 11.3. The van der Waals surface area contributed by atoms with Gasteiger partial charge in [0.2, 0.25) is 0 Å². The minimum atomic E-state index is -4.40. The quantitative estimate of drug-likeness (QED) is 0.758. The number of rotatable bonds is 6. The highest BCUT2D eigenvalue weighted by atomic mass is 35.5. The zero-order chi connectivity index (χ0) is 19.3. The molecule has 2 aromatic carbocycles. The molecule has 1 aliphatic rings. The van der Waals surface area contributed by atoms with Crippen molar-refractivity contribution in [2.24, 2.45) is 0 Å². The largest absolute Gasteiger partial charge is 0.483 e. The molecule has 0 saturated carbocycles. The standard InChI is InChI=1S/C19H22F3N3O2.ClH/c20-19(21,22)17(25-10-8-23-9-11-25)12-24-18(26)13-27-16-7-3-5-14-4-1-2-6-15(14)16;/h1-7,17,23H,8-13H2,(H,24,26);1H. The van der Waals surface area contributed by atoms with Crippen LogP contribution in [0.15, 0.2) is 42.5 Å². The van der Waals surface area contributed by atoms with E-state index >= 15 is 0 Å². The summed E-state index contributed by atoms with van der Waals surface area (Å²) in [4.78, 5) is 13.4. The van der Waals surface area contributed by atoms with E-state index < -0.39 is 24.7 Å². The minimum Gasteiger partial charge on any atom is -0.483 e. The number of benzene rings is 2. The van der Waals surface area contributed by atoms with Crippen LogP contribution in [0.4, 0.5) is 13.2 Å². The third kappa shape index (κ3) is 5.73. The number of ether oxygens (including phenoxy) is 1. The average molecular weight is 418 g/mol. The van der Waals surface area contributed by atoms with Crippen molar-refractivity contribution >= 4 is 29.1 Å². The van der Waals surface area contributed by atoms with Crippen LogP contribution in [0.25, 0.3) is 10.8 Å². The Morgan fingerprint density at radius 2 is 1.82 bits per heavy atom. The molecule has 1 unspecified atom stereocenters. The number of amides is 1. The maximum absolute atomic E-state index is 13.3. The van der Waals surface area contributed by atoms with Crippen molar-refractivity contribution in [3.8, 4) is 5.75 Å². The molecule has 154 valence electrons. The van der Waals surface area contributed by atoms with Crippen LogP contribution in [-0.2, 0) is 4.79 Å². The van der Waals surface area contributed by atoms with Crippen molar-refractivity contribution in [3.63, 3.8) is 0 Å². The lowest BCUT2D eigenvalue weighted by molar-refractivity contribution is -0.184. The molecule has 2 aromatic rings. The van der Waals surface area contributed by atoms with Crippen LogP contribution in [-0.4, -0.2) is 62.4 Å². The smallest absolute Gasteiger partial charge is 0.405 e. The van der Waals surface area contributed by atoms with Crippen molar-refractivity contribution in [1.82, 2.24) is 15.5 Å². The predicted octanol–water partition coefficient (Wildman–Crippen LogP) is 2.59. The summed E-state index contributed by atoms with van der Waals surface area (Å²) in [6.07, 6.45) is -4.40. The molecular formula is C19H23ClF3N3O2. The van der Waals surface area contributed by atoms with Gasteiger partial charge in [-0.25, -0.2) is 0 Å². The lowest BCUT2D eigenvalue weighted by Crippen LogP contribution is -2.57. The Morgan fingerprint density at radius 1 is 1.14 bits per heavy atom. The molecule has 0 radical (unpaired) electrons. The van der Waals surface area contributed by atoms with Crippen LogP contribution in [0.1, 0.15) is 0 Å². The van der Waals surface area contributed by atoms with E-state index in [1.54, 1.807) is 12.1 Å². The summed E-state index contributed by atoms with van der Waals surface area (Å²) in [6.45, 7) is 0.788. The molecule has 1 amide bonds. The first-order valence-corrected chi connectivity index (χ1v) is 8.84. The van der Waals surface area contributed by atoms with E-state index in [4.69, 9.17) is 4.74 Å². The molecule has 0 aromatic heterocycles. The monoisotopic (exact) mass is 417 g/mol. The molecule has 1 atom stereocenters. The summed E-state index contributed by atoms with van der Waals surface area (Å²) in [7, 11) is 0. The van der Waals surface area contributed by atoms with Crippen LogP contribution in [0.3, 0.4) is 0 Å². The number of nitrogens with zero attached hydrogens (tertiary/aromatic N) is 1. The highest BCUT2D eigenvalue weighted by molar-refractivity contribution is 5.88. The molecule has 1 fully saturated rings. The number of piperazine rings is 1. The Morgan fingerprint density at radius 3 is 2.54 bits per heavy atom. The average Bonchev–Trinajstić information content (AvgIpc) is 2.66. The number of nitrogens with one attached hydrogen (secondary N) is 2. The Balaban J connectivity index is 0.00000280. The summed E-state index contributed by atoms with van der Waals surface area (Å²) >= 11 is 0. The summed E-state index contributed by atoms with van der Waals surface area (Å²) in [5.74, 6) is -0.0509. The molecule has 0 aliphatic carbocycles. The molecule has 28 heavy (non-hydrogen) atoms. The zero-order valence-electron chi connectivity index (χ0n) is 15.2. The van der Waals surface area contributed by atoms with Gasteiger partial charge in [0, 0.05) is 38.1 Å². The van der Waals surface area contributed by atoms with E-state index in [9.17, 15) is 18.0 Å². The first-order chi connectivity index (χ1) is 12.9. The van der Waals surface area contributed by atoms with Gasteiger partial charge >= 0.3 is 6.18 Å². The van der Waals surface area contributed by atoms with Crippen LogP contribution in [0.2, 0.25) is 0 Å². The van der Waals surface area contributed by atoms with Gasteiger partial charge < -0.3 is 15.4 Å². The molecule has 1 heterocycles. The number of fused-ring (bicyclic) bond motifs is 1. The highest BCUT2D eigenvalue weighted by Gasteiger charge is 2.43. The van der Waals surface area contributed by atoms with Crippen LogP contribution < -0.4 is 15.4 Å². The number of halogens is 4. The van der Waals surface area contributed by atoms with Crippen LogP contribution in [0.5, 0.6) is 5.75 Å². The first kappa shape index (κ1) is 22.3. The topological polar surface area (TPSA) is 53.6 Å². The van der Waals surface area contributed by atoms with Crippen molar-refractivity contribution in [1.29, 1.82) is 0 Å². The van der Waals surface area contributed by atoms with Gasteiger partial charge in [-0.15, -0.1) is 12.4 Å². The van der Waals surface area contributed by atoms with Crippen molar-refractivity contribution < 1.29 is 22.7 Å². The number of alkyl halides is 3. The van der Waals surface area contributed by atoms with E-state index in [0.29, 0.717) is 31.9 Å². The second-order valence-electron chi connectivity index (χ2n) is 6.41. The Kier molecular flexibility index (Phi) is 7.91. The Bertz CT molecular complexity index is 777. The predicted molar refractivity (Wildman–Crippen MR) is 104 cm³/mol. The number of hydrogen-bond acceptors (Lipinski definition) is 4. The van der Waals surface area contributed by atoms with E-state index in [0.717, 1.165) is 10.8 Å². The lowest BCUT2D eigenvalue weighted by atomic mass is 10.1. The molecule has 0 spiro atoms. The van der Waals surface area contributed by atoms with Gasteiger partial charge in [0.25, 0.3) is 5.91 Å². The molecule has 0 bridgehead atoms. The van der Waals surface area contributed by atoms with Crippen molar-refractivity contribution in [3.05, 3.63) is 42.5 Å². The van der Waals surface area contributed by atoms with Gasteiger partial charge in [-0.3, -0.25) is 9.69 Å². The van der Waals surface area contributed by atoms with Gasteiger partial charge in [-0.05, 0) is 11.5 Å². The molecule has 1 saturated heterocycles. The SMILES string of the molecule is Cl.O=C(COc1cccc2ccccc12)NCC(N1CCNCC1)C(F)(F)F. The highest BCUT2D eigenvalue weighted by Crippen LogP contribution is 2.26. The van der Waals surface area contributed by atoms with Crippen molar-refractivity contribution in [2.75, 3.05) is 39.3 Å². The maximum atomic E-state index is 13.3. The molecular weight excluding hydrogens is 395 g/mol. The normalized spacial score (nSPS) is 16.2. The van der Waals surface area contributed by atoms with E-state index in [1.165, 1.54) is 4.90 Å². The molecule has 1 aliphatic heterocycles. The van der Waals surface area contributed by atoms with Gasteiger partial charge in [0.1, 0.15) is 11.8 Å². The third-order valence-electron chi connectivity index (χ3n) is 4.57. The van der Waals surface area contributed by atoms with Gasteiger partial charge in [-0.2, -0.15) is 13.2 Å². The van der Waals surface area contributed by atoms with Gasteiger partial charge in [0.15, 0.2) is 6.61 Å². The summed E-state index contributed by atoms with van der Waals surface area (Å²) < 4.78 is 45.5. The van der Waals surface area contributed by atoms with E-state index in [-0.39, 0.29) is 19.0 Å². The summed E-state index contributed by atoms with van der Waals surface area (Å²) in [5.41, 5.74) is 0. The van der Waals surface area contributed by atoms with Crippen molar-refractivity contribution in [2.45, 2.75) is 12.2 Å². The zero-order valence-corrected chi connectivity index (χ0v) is 16.0. The van der Waals surface area contributed by atoms with Gasteiger partial charge in [0.05, 0.1) is 0 Å². The van der Waals surface area contributed by atoms with Crippen LogP contribution in [0, 0.1) is 0 Å². The molecule has 9 heteroatoms. The second-order valence-corrected chi connectivity index (χ2v) is 6.41. The Labute approximate surface area is 167 Å².